The summed E-state index contributed by atoms with van der Waals surface area (Å²) in [6.07, 6.45) is 0.927. The predicted octanol–water partition coefficient (Wildman–Crippen LogP) is -2.78. The van der Waals surface area contributed by atoms with Crippen molar-refractivity contribution in [3.63, 3.8) is 0 Å². The second kappa shape index (κ2) is 4.63. The largest absolute Gasteiger partial charge is 1.00 e. The second-order valence-electron chi connectivity index (χ2n) is 5.65. The van der Waals surface area contributed by atoms with Crippen LogP contribution in [0.1, 0.15) is 19.8 Å². The molecular weight excluding hydrogens is 293 g/mol. The Hall–Kier alpha value is 0.610. The molecule has 0 amide bonds. The number of aliphatic hydroxyl groups excluding tert-OH is 1. The van der Waals surface area contributed by atoms with Crippen LogP contribution < -0.4 is 24.0 Å². The molecule has 0 heterocycles. The fourth-order valence-corrected chi connectivity index (χ4v) is 2.29. The van der Waals surface area contributed by atoms with E-state index in [1.54, 1.807) is 6.92 Å². The van der Waals surface area contributed by atoms with Gasteiger partial charge in [-0.2, -0.15) is 0 Å². The van der Waals surface area contributed by atoms with Gasteiger partial charge < -0.3 is 38.7 Å². The van der Waals surface area contributed by atoms with Crippen molar-refractivity contribution in [2.75, 3.05) is 27.7 Å². The summed E-state index contributed by atoms with van der Waals surface area (Å²) in [5.74, 6) is 0.449. The maximum Gasteiger partial charge on any atom is 0.0882 e. The molecule has 3 atom stereocenters. The lowest BCUT2D eigenvalue weighted by Crippen LogP contribution is -3.00. The number of nitrogens with zero attached hydrogens (tertiary/aromatic N) is 1. The summed E-state index contributed by atoms with van der Waals surface area (Å²) in [4.78, 5) is 0. The lowest BCUT2D eigenvalue weighted by atomic mass is 10.0. The highest BCUT2D eigenvalue weighted by Gasteiger charge is 2.43. The first kappa shape index (κ1) is 14.6. The van der Waals surface area contributed by atoms with E-state index in [1.165, 1.54) is 0 Å². The van der Waals surface area contributed by atoms with Crippen LogP contribution in [0.15, 0.2) is 0 Å². The number of hydrogen-bond acceptors (Lipinski definition) is 2. The Balaban J connectivity index is 0.00000169. The molecule has 1 saturated carbocycles. The Morgan fingerprint density at radius 2 is 1.86 bits per heavy atom. The van der Waals surface area contributed by atoms with Gasteiger partial charge in [-0.05, 0) is 19.8 Å². The molecule has 3 nitrogen and oxygen atoms in total. The van der Waals surface area contributed by atoms with Crippen LogP contribution in [0.5, 0.6) is 0 Å². The molecule has 2 N–H and O–H groups in total. The molecule has 0 radical (unpaired) electrons. The van der Waals surface area contributed by atoms with E-state index in [0.717, 1.165) is 23.9 Å². The Kier molecular flexibility index (Phi) is 4.84. The normalized spacial score (nSPS) is 38.1. The smallest absolute Gasteiger partial charge is 0.0882 e. The van der Waals surface area contributed by atoms with E-state index in [2.05, 4.69) is 21.1 Å². The molecule has 1 fully saturated rings. The van der Waals surface area contributed by atoms with Crippen molar-refractivity contribution >= 4 is 0 Å². The Bertz CT molecular complexity index is 187. The zero-order valence-corrected chi connectivity index (χ0v) is 11.7. The molecule has 4 heteroatoms. The number of hydrogen-bond donors (Lipinski definition) is 2. The van der Waals surface area contributed by atoms with Crippen LogP contribution in [-0.4, -0.2) is 54.1 Å². The van der Waals surface area contributed by atoms with E-state index >= 15 is 0 Å². The lowest BCUT2D eigenvalue weighted by Gasteiger charge is -2.27. The van der Waals surface area contributed by atoms with Gasteiger partial charge >= 0.3 is 0 Å². The van der Waals surface area contributed by atoms with E-state index in [0.29, 0.717) is 5.92 Å². The fourth-order valence-electron chi connectivity index (χ4n) is 2.29. The first-order valence-corrected chi connectivity index (χ1v) is 4.91. The standard InChI is InChI=1S/C10H22NO2.HI/c1-10(13)6-8(5-9(10)12)7-11(2,3)4;/h8-9,12-13H,5-7H2,1-4H3;1H/q+1;/p-1/t8-,9-,10-;/m1./s1. The number of quaternary nitrogens is 1. The highest BCUT2D eigenvalue weighted by molar-refractivity contribution is 4.92. The zero-order valence-electron chi connectivity index (χ0n) is 9.50. The second-order valence-corrected chi connectivity index (χ2v) is 5.65. The van der Waals surface area contributed by atoms with Gasteiger partial charge in [-0.25, -0.2) is 0 Å². The van der Waals surface area contributed by atoms with Crippen molar-refractivity contribution in [3.8, 4) is 0 Å². The van der Waals surface area contributed by atoms with Crippen molar-refractivity contribution in [3.05, 3.63) is 0 Å². The molecule has 1 aliphatic carbocycles. The van der Waals surface area contributed by atoms with Gasteiger partial charge in [0.05, 0.1) is 39.4 Å². The third-order valence-electron chi connectivity index (χ3n) is 2.78. The summed E-state index contributed by atoms with van der Waals surface area (Å²) in [5.41, 5.74) is -0.861. The first-order chi connectivity index (χ1) is 5.71. The Morgan fingerprint density at radius 1 is 1.36 bits per heavy atom. The SMILES string of the molecule is C[C@@]1(O)C[C@H](C[N+](C)(C)C)C[C@H]1O.[I-]. The molecule has 0 bridgehead atoms. The summed E-state index contributed by atoms with van der Waals surface area (Å²) >= 11 is 0. The van der Waals surface area contributed by atoms with Crippen LogP contribution in [0.4, 0.5) is 0 Å². The van der Waals surface area contributed by atoms with Gasteiger partial charge in [0.1, 0.15) is 0 Å². The molecule has 0 aliphatic heterocycles. The van der Waals surface area contributed by atoms with Crippen LogP contribution in [0.3, 0.4) is 0 Å². The minimum absolute atomic E-state index is 0. The van der Waals surface area contributed by atoms with Crippen molar-refractivity contribution < 1.29 is 38.7 Å². The first-order valence-electron chi connectivity index (χ1n) is 4.91. The Labute approximate surface area is 104 Å². The number of rotatable bonds is 2. The van der Waals surface area contributed by atoms with Gasteiger partial charge in [-0.1, -0.05) is 0 Å². The summed E-state index contributed by atoms with van der Waals surface area (Å²) in [7, 11) is 6.41. The molecule has 1 rings (SSSR count). The van der Waals surface area contributed by atoms with Crippen molar-refractivity contribution in [1.82, 2.24) is 0 Å². The van der Waals surface area contributed by atoms with E-state index in [-0.39, 0.29) is 24.0 Å². The van der Waals surface area contributed by atoms with Crippen molar-refractivity contribution in [2.45, 2.75) is 31.5 Å². The van der Waals surface area contributed by atoms with Crippen molar-refractivity contribution in [1.29, 1.82) is 0 Å². The summed E-state index contributed by atoms with van der Waals surface area (Å²) in [6.45, 7) is 2.75. The van der Waals surface area contributed by atoms with Crippen LogP contribution in [0, 0.1) is 5.92 Å². The van der Waals surface area contributed by atoms with Crippen LogP contribution in [-0.2, 0) is 0 Å². The quantitative estimate of drug-likeness (QED) is 0.428. The molecular formula is C10H22INO2. The zero-order chi connectivity index (χ0) is 10.3. The van der Waals surface area contributed by atoms with Crippen LogP contribution in [0.2, 0.25) is 0 Å². The molecule has 14 heavy (non-hydrogen) atoms. The van der Waals surface area contributed by atoms with E-state index < -0.39 is 11.7 Å². The summed E-state index contributed by atoms with van der Waals surface area (Å²) in [5, 5.41) is 19.3. The van der Waals surface area contributed by atoms with Gasteiger partial charge in [-0.3, -0.25) is 0 Å². The monoisotopic (exact) mass is 315 g/mol. The van der Waals surface area contributed by atoms with Gasteiger partial charge in [0, 0.05) is 5.92 Å². The maximum atomic E-state index is 9.77. The average molecular weight is 315 g/mol. The van der Waals surface area contributed by atoms with Crippen LogP contribution in [0.25, 0.3) is 0 Å². The maximum absolute atomic E-state index is 9.77. The number of halogens is 1. The van der Waals surface area contributed by atoms with Crippen molar-refractivity contribution in [2.24, 2.45) is 5.92 Å². The fraction of sp³-hybridized carbons (Fsp3) is 1.00. The van der Waals surface area contributed by atoms with Gasteiger partial charge in [0.25, 0.3) is 0 Å². The molecule has 1 aliphatic rings. The Morgan fingerprint density at radius 3 is 2.14 bits per heavy atom. The minimum Gasteiger partial charge on any atom is -1.00 e. The van der Waals surface area contributed by atoms with Gasteiger partial charge in [-0.15, -0.1) is 0 Å². The minimum atomic E-state index is -0.861. The average Bonchev–Trinajstić information content (AvgIpc) is 2.01. The summed E-state index contributed by atoms with van der Waals surface area (Å²) in [6, 6.07) is 0. The third kappa shape index (κ3) is 4.00. The molecule has 86 valence electrons. The summed E-state index contributed by atoms with van der Waals surface area (Å²) < 4.78 is 0.896. The lowest BCUT2D eigenvalue weighted by molar-refractivity contribution is -0.873. The highest BCUT2D eigenvalue weighted by Crippen LogP contribution is 2.35. The molecule has 0 unspecified atom stereocenters. The predicted molar refractivity (Wildman–Crippen MR) is 52.3 cm³/mol. The van der Waals surface area contributed by atoms with Crippen LogP contribution >= 0.6 is 0 Å². The number of aliphatic hydroxyl groups is 2. The molecule has 0 aromatic carbocycles. The molecule has 0 aromatic heterocycles. The molecule has 0 aromatic rings. The van der Waals surface area contributed by atoms with E-state index in [4.69, 9.17) is 0 Å². The molecule has 0 saturated heterocycles. The third-order valence-corrected chi connectivity index (χ3v) is 2.78. The van der Waals surface area contributed by atoms with E-state index in [9.17, 15) is 10.2 Å². The van der Waals surface area contributed by atoms with E-state index in [1.807, 2.05) is 0 Å². The topological polar surface area (TPSA) is 40.5 Å². The highest BCUT2D eigenvalue weighted by atomic mass is 127. The van der Waals surface area contributed by atoms with Gasteiger partial charge in [0.15, 0.2) is 0 Å². The van der Waals surface area contributed by atoms with Gasteiger partial charge in [0.2, 0.25) is 0 Å². The molecule has 0 spiro atoms.